The van der Waals surface area contributed by atoms with E-state index in [1.165, 1.54) is 5.56 Å². The predicted octanol–water partition coefficient (Wildman–Crippen LogP) is 2.48. The quantitative estimate of drug-likeness (QED) is 0.726. The molecule has 2 aromatic rings. The molecule has 0 saturated heterocycles. The van der Waals surface area contributed by atoms with Crippen molar-refractivity contribution in [3.8, 4) is 0 Å². The Morgan fingerprint density at radius 1 is 1.43 bits per heavy atom. The topological polar surface area (TPSA) is 30.7 Å². The molecule has 3 heteroatoms. The lowest BCUT2D eigenvalue weighted by Gasteiger charge is -2.07. The van der Waals surface area contributed by atoms with Crippen molar-refractivity contribution in [3.63, 3.8) is 0 Å². The summed E-state index contributed by atoms with van der Waals surface area (Å²) in [6, 6.07) is 2.18. The van der Waals surface area contributed by atoms with Crippen LogP contribution in [0.2, 0.25) is 0 Å². The smallest absolute Gasteiger partial charge is 0.108 e. The van der Waals surface area contributed by atoms with E-state index in [2.05, 4.69) is 30.0 Å². The van der Waals surface area contributed by atoms with Crippen molar-refractivity contribution in [2.75, 3.05) is 0 Å². The van der Waals surface area contributed by atoms with Gasteiger partial charge in [-0.05, 0) is 24.0 Å². The van der Waals surface area contributed by atoms with Gasteiger partial charge in [0.2, 0.25) is 0 Å². The number of hydrogen-bond acceptors (Lipinski definition) is 2. The van der Waals surface area contributed by atoms with Gasteiger partial charge in [-0.2, -0.15) is 5.10 Å². The van der Waals surface area contributed by atoms with E-state index >= 15 is 0 Å². The van der Waals surface area contributed by atoms with Crippen molar-refractivity contribution < 1.29 is 0 Å². The van der Waals surface area contributed by atoms with Crippen LogP contribution in [0.5, 0.6) is 0 Å². The van der Waals surface area contributed by atoms with Crippen LogP contribution in [0.15, 0.2) is 18.5 Å². The maximum atomic E-state index is 4.39. The van der Waals surface area contributed by atoms with Gasteiger partial charge in [0.25, 0.3) is 0 Å². The highest BCUT2D eigenvalue weighted by Crippen LogP contribution is 2.21. The SMILES string of the molecule is CCC(C)c1cnc2cnn(C)c2c1. The number of hydrogen-bond donors (Lipinski definition) is 0. The Labute approximate surface area is 83.8 Å². The van der Waals surface area contributed by atoms with E-state index < -0.39 is 0 Å². The highest BCUT2D eigenvalue weighted by molar-refractivity contribution is 5.74. The summed E-state index contributed by atoms with van der Waals surface area (Å²) >= 11 is 0. The van der Waals surface area contributed by atoms with Crippen LogP contribution >= 0.6 is 0 Å². The number of fused-ring (bicyclic) bond motifs is 1. The second-order valence-corrected chi connectivity index (χ2v) is 3.75. The average molecular weight is 189 g/mol. The summed E-state index contributed by atoms with van der Waals surface area (Å²) in [4.78, 5) is 4.39. The molecular weight excluding hydrogens is 174 g/mol. The first kappa shape index (κ1) is 9.19. The average Bonchev–Trinajstić information content (AvgIpc) is 2.59. The number of nitrogens with zero attached hydrogens (tertiary/aromatic N) is 3. The number of aromatic nitrogens is 3. The van der Waals surface area contributed by atoms with E-state index in [4.69, 9.17) is 0 Å². The number of aryl methyl sites for hydroxylation is 1. The molecule has 0 amide bonds. The molecule has 3 nitrogen and oxygen atoms in total. The van der Waals surface area contributed by atoms with E-state index in [1.54, 1.807) is 6.20 Å². The largest absolute Gasteiger partial charge is 0.266 e. The maximum absolute atomic E-state index is 4.39. The second kappa shape index (κ2) is 3.40. The summed E-state index contributed by atoms with van der Waals surface area (Å²) in [6.07, 6.45) is 4.90. The van der Waals surface area contributed by atoms with Crippen LogP contribution in [0.4, 0.5) is 0 Å². The molecule has 0 radical (unpaired) electrons. The Morgan fingerprint density at radius 3 is 2.93 bits per heavy atom. The summed E-state index contributed by atoms with van der Waals surface area (Å²) in [5.41, 5.74) is 3.38. The Hall–Kier alpha value is -1.38. The minimum absolute atomic E-state index is 0.571. The lowest BCUT2D eigenvalue weighted by molar-refractivity contribution is 0.729. The van der Waals surface area contributed by atoms with Crippen LogP contribution in [0.25, 0.3) is 11.0 Å². The summed E-state index contributed by atoms with van der Waals surface area (Å²) in [5, 5.41) is 4.18. The second-order valence-electron chi connectivity index (χ2n) is 3.75. The van der Waals surface area contributed by atoms with Gasteiger partial charge < -0.3 is 0 Å². The van der Waals surface area contributed by atoms with Crippen molar-refractivity contribution in [3.05, 3.63) is 24.0 Å². The van der Waals surface area contributed by atoms with E-state index in [1.807, 2.05) is 17.9 Å². The first-order chi connectivity index (χ1) is 6.72. The minimum Gasteiger partial charge on any atom is -0.266 e. The predicted molar refractivity (Wildman–Crippen MR) is 57.2 cm³/mol. The van der Waals surface area contributed by atoms with Gasteiger partial charge in [0.1, 0.15) is 5.52 Å². The molecule has 0 N–H and O–H groups in total. The molecule has 0 aliphatic carbocycles. The zero-order valence-electron chi connectivity index (χ0n) is 8.86. The van der Waals surface area contributed by atoms with Gasteiger partial charge >= 0.3 is 0 Å². The standard InChI is InChI=1S/C11H15N3/c1-4-8(2)9-5-11-10(12-6-9)7-13-14(11)3/h5-8H,4H2,1-3H3. The van der Waals surface area contributed by atoms with Crippen LogP contribution in [0.1, 0.15) is 31.7 Å². The molecule has 2 aromatic heterocycles. The van der Waals surface area contributed by atoms with Gasteiger partial charge in [-0.25, -0.2) is 0 Å². The Morgan fingerprint density at radius 2 is 2.21 bits per heavy atom. The summed E-state index contributed by atoms with van der Waals surface area (Å²) in [5.74, 6) is 0.571. The molecule has 74 valence electrons. The number of pyridine rings is 1. The Bertz CT molecular complexity index is 445. The molecule has 0 saturated carbocycles. The van der Waals surface area contributed by atoms with Gasteiger partial charge in [-0.1, -0.05) is 13.8 Å². The monoisotopic (exact) mass is 189 g/mol. The molecular formula is C11H15N3. The fourth-order valence-electron chi connectivity index (χ4n) is 1.55. The normalized spacial score (nSPS) is 13.4. The van der Waals surface area contributed by atoms with Crippen molar-refractivity contribution in [2.24, 2.45) is 7.05 Å². The van der Waals surface area contributed by atoms with Gasteiger partial charge in [0, 0.05) is 13.2 Å². The van der Waals surface area contributed by atoms with Crippen LogP contribution in [0, 0.1) is 0 Å². The molecule has 0 spiro atoms. The molecule has 2 heterocycles. The third kappa shape index (κ3) is 1.39. The maximum Gasteiger partial charge on any atom is 0.108 e. The summed E-state index contributed by atoms with van der Waals surface area (Å²) < 4.78 is 1.87. The minimum atomic E-state index is 0.571. The Balaban J connectivity index is 2.54. The highest BCUT2D eigenvalue weighted by atomic mass is 15.3. The molecule has 2 rings (SSSR count). The van der Waals surface area contributed by atoms with Crippen LogP contribution in [-0.2, 0) is 7.05 Å². The molecule has 0 aromatic carbocycles. The number of rotatable bonds is 2. The van der Waals surface area contributed by atoms with E-state index in [0.29, 0.717) is 5.92 Å². The van der Waals surface area contributed by atoms with Crippen molar-refractivity contribution >= 4 is 11.0 Å². The van der Waals surface area contributed by atoms with Gasteiger partial charge in [-0.15, -0.1) is 0 Å². The molecule has 0 bridgehead atoms. The van der Waals surface area contributed by atoms with Crippen LogP contribution in [-0.4, -0.2) is 14.8 Å². The highest BCUT2D eigenvalue weighted by Gasteiger charge is 2.06. The first-order valence-electron chi connectivity index (χ1n) is 5.00. The van der Waals surface area contributed by atoms with Crippen molar-refractivity contribution in [2.45, 2.75) is 26.2 Å². The van der Waals surface area contributed by atoms with Crippen molar-refractivity contribution in [1.29, 1.82) is 0 Å². The molecule has 14 heavy (non-hydrogen) atoms. The molecule has 1 unspecified atom stereocenters. The summed E-state index contributed by atoms with van der Waals surface area (Å²) in [6.45, 7) is 4.41. The zero-order valence-corrected chi connectivity index (χ0v) is 8.86. The van der Waals surface area contributed by atoms with E-state index in [-0.39, 0.29) is 0 Å². The molecule has 0 aliphatic rings. The fourth-order valence-corrected chi connectivity index (χ4v) is 1.55. The molecule has 0 aliphatic heterocycles. The van der Waals surface area contributed by atoms with Crippen molar-refractivity contribution in [1.82, 2.24) is 14.8 Å². The van der Waals surface area contributed by atoms with Crippen LogP contribution in [0.3, 0.4) is 0 Å². The van der Waals surface area contributed by atoms with Crippen LogP contribution < -0.4 is 0 Å². The molecule has 1 atom stereocenters. The third-order valence-electron chi connectivity index (χ3n) is 2.80. The third-order valence-corrected chi connectivity index (χ3v) is 2.80. The summed E-state index contributed by atoms with van der Waals surface area (Å²) in [7, 11) is 1.95. The van der Waals surface area contributed by atoms with Gasteiger partial charge in [0.15, 0.2) is 0 Å². The zero-order chi connectivity index (χ0) is 10.1. The van der Waals surface area contributed by atoms with E-state index in [9.17, 15) is 0 Å². The Kier molecular flexibility index (Phi) is 2.23. The lowest BCUT2D eigenvalue weighted by Crippen LogP contribution is -1.95. The van der Waals surface area contributed by atoms with Gasteiger partial charge in [-0.3, -0.25) is 9.67 Å². The molecule has 0 fully saturated rings. The fraction of sp³-hybridized carbons (Fsp3) is 0.455. The lowest BCUT2D eigenvalue weighted by atomic mass is 10.0. The first-order valence-corrected chi connectivity index (χ1v) is 5.00. The van der Waals surface area contributed by atoms with Gasteiger partial charge in [0.05, 0.1) is 11.7 Å². The van der Waals surface area contributed by atoms with E-state index in [0.717, 1.165) is 17.5 Å².